The lowest BCUT2D eigenvalue weighted by Gasteiger charge is -2.37. The van der Waals surface area contributed by atoms with Crippen molar-refractivity contribution < 1.29 is 23.4 Å². The van der Waals surface area contributed by atoms with E-state index in [0.29, 0.717) is 43.5 Å². The van der Waals surface area contributed by atoms with Crippen LogP contribution < -0.4 is 4.74 Å². The fourth-order valence-electron chi connectivity index (χ4n) is 4.54. The zero-order valence-electron chi connectivity index (χ0n) is 17.9. The lowest BCUT2D eigenvalue weighted by atomic mass is 9.82. The molecule has 1 aliphatic carbocycles. The summed E-state index contributed by atoms with van der Waals surface area (Å²) in [5.41, 5.74) is 0.709. The largest absolute Gasteiger partial charge is 0.487 e. The summed E-state index contributed by atoms with van der Waals surface area (Å²) in [6, 6.07) is 5.44. The monoisotopic (exact) mass is 420 g/mol. The zero-order chi connectivity index (χ0) is 20.9. The van der Waals surface area contributed by atoms with Crippen LogP contribution in [0, 0.1) is 11.7 Å². The standard InChI is InChI=1S/C23H33FN2O4/c1-25(23(27)30-19-7-11-28-12-8-19)15-17-13-20(14-17)29-21-6-4-5-18(22(21)24)16-26-9-2-3-10-26/h4-6,17,19-20H,2-3,7-16H2,1H3. The highest BCUT2D eigenvalue weighted by Gasteiger charge is 2.34. The Hall–Kier alpha value is -1.86. The Kier molecular flexibility index (Phi) is 7.10. The Morgan fingerprint density at radius 2 is 1.93 bits per heavy atom. The maximum atomic E-state index is 14.9. The fourth-order valence-corrected chi connectivity index (χ4v) is 4.54. The van der Waals surface area contributed by atoms with Gasteiger partial charge in [0.15, 0.2) is 11.6 Å². The number of carbonyl (C=O) groups is 1. The smallest absolute Gasteiger partial charge is 0.409 e. The van der Waals surface area contributed by atoms with Gasteiger partial charge in [-0.2, -0.15) is 0 Å². The second-order valence-electron chi connectivity index (χ2n) is 8.87. The molecule has 3 fully saturated rings. The van der Waals surface area contributed by atoms with E-state index < -0.39 is 0 Å². The SMILES string of the molecule is CN(CC1CC(Oc2cccc(CN3CCCC3)c2F)C1)C(=O)OC1CCOCC1. The van der Waals surface area contributed by atoms with Gasteiger partial charge < -0.3 is 19.1 Å². The van der Waals surface area contributed by atoms with Gasteiger partial charge in [0.1, 0.15) is 6.10 Å². The second-order valence-corrected chi connectivity index (χ2v) is 8.87. The molecule has 7 heteroatoms. The topological polar surface area (TPSA) is 51.2 Å². The van der Waals surface area contributed by atoms with Gasteiger partial charge in [0.2, 0.25) is 0 Å². The van der Waals surface area contributed by atoms with E-state index in [1.807, 2.05) is 12.1 Å². The molecule has 30 heavy (non-hydrogen) atoms. The van der Waals surface area contributed by atoms with Crippen LogP contribution in [0.15, 0.2) is 18.2 Å². The Balaban J connectivity index is 1.20. The van der Waals surface area contributed by atoms with Gasteiger partial charge in [-0.15, -0.1) is 0 Å². The first-order valence-corrected chi connectivity index (χ1v) is 11.2. The number of likely N-dealkylation sites (tertiary alicyclic amines) is 1. The van der Waals surface area contributed by atoms with E-state index in [1.54, 1.807) is 18.0 Å². The molecule has 0 bridgehead atoms. The van der Waals surface area contributed by atoms with Crippen molar-refractivity contribution >= 4 is 6.09 Å². The molecular weight excluding hydrogens is 387 g/mol. The van der Waals surface area contributed by atoms with E-state index in [2.05, 4.69) is 4.90 Å². The van der Waals surface area contributed by atoms with E-state index in [4.69, 9.17) is 14.2 Å². The van der Waals surface area contributed by atoms with Gasteiger partial charge in [0, 0.05) is 38.5 Å². The molecular formula is C23H33FN2O4. The van der Waals surface area contributed by atoms with Crippen molar-refractivity contribution in [3.8, 4) is 5.75 Å². The molecule has 1 aromatic rings. The number of halogens is 1. The molecule has 2 aliphatic heterocycles. The highest BCUT2D eigenvalue weighted by Crippen LogP contribution is 2.34. The summed E-state index contributed by atoms with van der Waals surface area (Å²) in [6.07, 6.45) is 5.26. The number of benzene rings is 1. The summed E-state index contributed by atoms with van der Waals surface area (Å²) < 4.78 is 31.6. The van der Waals surface area contributed by atoms with E-state index >= 15 is 0 Å². The minimum Gasteiger partial charge on any atom is -0.487 e. The highest BCUT2D eigenvalue weighted by molar-refractivity contribution is 5.67. The Labute approximate surface area is 178 Å². The van der Waals surface area contributed by atoms with Crippen molar-refractivity contribution in [2.75, 3.05) is 39.9 Å². The summed E-state index contributed by atoms with van der Waals surface area (Å²) in [5.74, 6) is 0.477. The predicted molar refractivity (Wildman–Crippen MR) is 111 cm³/mol. The summed E-state index contributed by atoms with van der Waals surface area (Å²) in [5, 5.41) is 0. The maximum Gasteiger partial charge on any atom is 0.409 e. The summed E-state index contributed by atoms with van der Waals surface area (Å²) >= 11 is 0. The average Bonchev–Trinajstić information content (AvgIpc) is 3.23. The second kappa shape index (κ2) is 9.96. The van der Waals surface area contributed by atoms with Gasteiger partial charge in [0.05, 0.1) is 19.3 Å². The molecule has 0 aromatic heterocycles. The third-order valence-electron chi connectivity index (χ3n) is 6.40. The van der Waals surface area contributed by atoms with Crippen molar-refractivity contribution in [3.63, 3.8) is 0 Å². The molecule has 3 aliphatic rings. The van der Waals surface area contributed by atoms with E-state index in [0.717, 1.165) is 38.8 Å². The van der Waals surface area contributed by atoms with Gasteiger partial charge in [0.25, 0.3) is 0 Å². The Morgan fingerprint density at radius 1 is 1.20 bits per heavy atom. The molecule has 0 unspecified atom stereocenters. The summed E-state index contributed by atoms with van der Waals surface area (Å²) in [4.78, 5) is 16.2. The molecule has 2 saturated heterocycles. The number of nitrogens with zero attached hydrogens (tertiary/aromatic N) is 2. The third-order valence-corrected chi connectivity index (χ3v) is 6.40. The van der Waals surface area contributed by atoms with Crippen LogP contribution in [-0.4, -0.2) is 68.0 Å². The quantitative estimate of drug-likeness (QED) is 0.671. The first kappa shape index (κ1) is 21.4. The van der Waals surface area contributed by atoms with Gasteiger partial charge in [-0.3, -0.25) is 4.90 Å². The number of ether oxygens (including phenoxy) is 3. The lowest BCUT2D eigenvalue weighted by molar-refractivity contribution is -0.0138. The van der Waals surface area contributed by atoms with Crippen LogP contribution in [-0.2, 0) is 16.0 Å². The van der Waals surface area contributed by atoms with Crippen LogP contribution in [0.4, 0.5) is 9.18 Å². The number of hydrogen-bond donors (Lipinski definition) is 0. The molecule has 2 heterocycles. The van der Waals surface area contributed by atoms with Gasteiger partial charge in [-0.1, -0.05) is 12.1 Å². The maximum absolute atomic E-state index is 14.9. The summed E-state index contributed by atoms with van der Waals surface area (Å²) in [7, 11) is 1.78. The number of amides is 1. The van der Waals surface area contributed by atoms with Gasteiger partial charge >= 0.3 is 6.09 Å². The minimum absolute atomic E-state index is 0.00597. The molecule has 1 saturated carbocycles. The molecule has 4 rings (SSSR count). The fraction of sp³-hybridized carbons (Fsp3) is 0.696. The van der Waals surface area contributed by atoms with Crippen LogP contribution in [0.3, 0.4) is 0 Å². The summed E-state index contributed by atoms with van der Waals surface area (Å²) in [6.45, 7) is 4.67. The van der Waals surface area contributed by atoms with Crippen molar-refractivity contribution in [1.82, 2.24) is 9.80 Å². The molecule has 0 atom stereocenters. The molecule has 166 valence electrons. The van der Waals surface area contributed by atoms with E-state index in [1.165, 1.54) is 12.8 Å². The number of hydrogen-bond acceptors (Lipinski definition) is 5. The van der Waals surface area contributed by atoms with E-state index in [-0.39, 0.29) is 24.1 Å². The van der Waals surface area contributed by atoms with Crippen LogP contribution in [0.2, 0.25) is 0 Å². The number of carbonyl (C=O) groups excluding carboxylic acids is 1. The van der Waals surface area contributed by atoms with E-state index in [9.17, 15) is 9.18 Å². The lowest BCUT2D eigenvalue weighted by Crippen LogP contribution is -2.43. The molecule has 0 spiro atoms. The van der Waals surface area contributed by atoms with Crippen LogP contribution >= 0.6 is 0 Å². The third kappa shape index (κ3) is 5.43. The van der Waals surface area contributed by atoms with Crippen LogP contribution in [0.5, 0.6) is 5.75 Å². The molecule has 0 radical (unpaired) electrons. The normalized spacial score (nSPS) is 25.0. The van der Waals surface area contributed by atoms with Gasteiger partial charge in [-0.25, -0.2) is 9.18 Å². The minimum atomic E-state index is -0.271. The zero-order valence-corrected chi connectivity index (χ0v) is 17.9. The van der Waals surface area contributed by atoms with Gasteiger partial charge in [-0.05, 0) is 50.8 Å². The first-order chi connectivity index (χ1) is 14.6. The Morgan fingerprint density at radius 3 is 2.67 bits per heavy atom. The van der Waals surface area contributed by atoms with Crippen molar-refractivity contribution in [3.05, 3.63) is 29.6 Å². The molecule has 1 aromatic carbocycles. The molecule has 1 amide bonds. The van der Waals surface area contributed by atoms with Crippen molar-refractivity contribution in [2.24, 2.45) is 5.92 Å². The molecule has 6 nitrogen and oxygen atoms in total. The van der Waals surface area contributed by atoms with Crippen molar-refractivity contribution in [2.45, 2.75) is 57.3 Å². The van der Waals surface area contributed by atoms with Crippen molar-refractivity contribution in [1.29, 1.82) is 0 Å². The van der Waals surface area contributed by atoms with Crippen LogP contribution in [0.25, 0.3) is 0 Å². The highest BCUT2D eigenvalue weighted by atomic mass is 19.1. The predicted octanol–water partition coefficient (Wildman–Crippen LogP) is 3.83. The van der Waals surface area contributed by atoms with Crippen LogP contribution in [0.1, 0.15) is 44.1 Å². The Bertz CT molecular complexity index is 713. The molecule has 0 N–H and O–H groups in total. The number of rotatable bonds is 7. The first-order valence-electron chi connectivity index (χ1n) is 11.2. The average molecular weight is 421 g/mol.